The van der Waals surface area contributed by atoms with Gasteiger partial charge in [0, 0.05) is 23.5 Å². The van der Waals surface area contributed by atoms with Crippen molar-refractivity contribution in [3.63, 3.8) is 0 Å². The molecule has 0 aliphatic heterocycles. The second-order valence-corrected chi connectivity index (χ2v) is 6.32. The third-order valence-corrected chi connectivity index (χ3v) is 4.95. The van der Waals surface area contributed by atoms with Crippen molar-refractivity contribution in [1.29, 1.82) is 0 Å². The number of fused-ring (bicyclic) bond motifs is 1. The van der Waals surface area contributed by atoms with E-state index in [0.29, 0.717) is 23.3 Å². The highest BCUT2D eigenvalue weighted by atomic mass is 19.2. The van der Waals surface area contributed by atoms with Crippen LogP contribution in [0.5, 0.6) is 0 Å². The van der Waals surface area contributed by atoms with Gasteiger partial charge in [-0.15, -0.1) is 0 Å². The molecular formula is C18H15F3N4. The van der Waals surface area contributed by atoms with Gasteiger partial charge in [0.15, 0.2) is 11.6 Å². The average Bonchev–Trinajstić information content (AvgIpc) is 2.59. The molecule has 1 saturated carbocycles. The first-order chi connectivity index (χ1) is 12.1. The van der Waals surface area contributed by atoms with Gasteiger partial charge in [0.25, 0.3) is 0 Å². The predicted molar refractivity (Wildman–Crippen MR) is 87.7 cm³/mol. The molecule has 128 valence electrons. The Morgan fingerprint density at radius 2 is 1.88 bits per heavy atom. The van der Waals surface area contributed by atoms with Crippen LogP contribution in [0.15, 0.2) is 36.9 Å². The molecule has 0 saturated heterocycles. The minimum Gasteiger partial charge on any atom is -0.369 e. The van der Waals surface area contributed by atoms with Crippen molar-refractivity contribution >= 4 is 16.7 Å². The maximum absolute atomic E-state index is 14.2. The first kappa shape index (κ1) is 15.8. The molecule has 25 heavy (non-hydrogen) atoms. The molecule has 4 nitrogen and oxygen atoms in total. The number of rotatable bonds is 4. The lowest BCUT2D eigenvalue weighted by Crippen LogP contribution is -2.41. The number of halogens is 3. The molecule has 2 heterocycles. The maximum Gasteiger partial charge on any atom is 0.185 e. The molecule has 3 aromatic rings. The molecular weight excluding hydrogens is 329 g/mol. The molecule has 4 rings (SSSR count). The van der Waals surface area contributed by atoms with E-state index in [1.54, 1.807) is 12.3 Å². The quantitative estimate of drug-likeness (QED) is 0.778. The second kappa shape index (κ2) is 5.98. The summed E-state index contributed by atoms with van der Waals surface area (Å²) in [6.45, 7) is 0.443. The highest BCUT2D eigenvalue weighted by Gasteiger charge is 2.40. The van der Waals surface area contributed by atoms with Gasteiger partial charge in [-0.3, -0.25) is 4.98 Å². The average molecular weight is 344 g/mol. The van der Waals surface area contributed by atoms with Crippen LogP contribution in [0.25, 0.3) is 10.9 Å². The van der Waals surface area contributed by atoms with Crippen molar-refractivity contribution in [3.05, 3.63) is 59.9 Å². The van der Waals surface area contributed by atoms with Crippen molar-refractivity contribution in [2.24, 2.45) is 0 Å². The lowest BCUT2D eigenvalue weighted by atomic mass is 9.64. The Bertz CT molecular complexity index is 941. The monoisotopic (exact) mass is 344 g/mol. The van der Waals surface area contributed by atoms with Crippen LogP contribution in [0, 0.1) is 17.5 Å². The Morgan fingerprint density at radius 3 is 2.60 bits per heavy atom. The van der Waals surface area contributed by atoms with Crippen LogP contribution in [0.3, 0.4) is 0 Å². The Kier molecular flexibility index (Phi) is 3.78. The molecule has 1 N–H and O–H groups in total. The molecule has 0 spiro atoms. The van der Waals surface area contributed by atoms with Crippen LogP contribution in [0.1, 0.15) is 24.8 Å². The summed E-state index contributed by atoms with van der Waals surface area (Å²) in [6.07, 6.45) is 6.67. The summed E-state index contributed by atoms with van der Waals surface area (Å²) in [7, 11) is 0. The molecule has 0 amide bonds. The lowest BCUT2D eigenvalue weighted by molar-refractivity contribution is 0.251. The van der Waals surface area contributed by atoms with Crippen molar-refractivity contribution < 1.29 is 13.2 Å². The summed E-state index contributed by atoms with van der Waals surface area (Å²) in [6, 6.07) is 4.19. The van der Waals surface area contributed by atoms with Gasteiger partial charge in [0.05, 0.1) is 6.20 Å². The molecule has 2 aromatic heterocycles. The number of hydrogen-bond acceptors (Lipinski definition) is 4. The highest BCUT2D eigenvalue weighted by molar-refractivity contribution is 5.89. The normalized spacial score (nSPS) is 15.8. The van der Waals surface area contributed by atoms with Crippen LogP contribution >= 0.6 is 0 Å². The molecule has 0 radical (unpaired) electrons. The fourth-order valence-corrected chi connectivity index (χ4v) is 3.42. The third-order valence-electron chi connectivity index (χ3n) is 4.95. The predicted octanol–water partition coefficient (Wildman–Crippen LogP) is 3.98. The minimum absolute atomic E-state index is 0.0738. The van der Waals surface area contributed by atoms with E-state index < -0.39 is 11.6 Å². The van der Waals surface area contributed by atoms with Gasteiger partial charge < -0.3 is 5.32 Å². The Balaban J connectivity index is 1.66. The van der Waals surface area contributed by atoms with E-state index in [9.17, 15) is 13.2 Å². The lowest BCUT2D eigenvalue weighted by Gasteiger charge is -2.42. The van der Waals surface area contributed by atoms with Crippen LogP contribution in [-0.2, 0) is 5.41 Å². The first-order valence-corrected chi connectivity index (χ1v) is 8.03. The van der Waals surface area contributed by atoms with E-state index in [1.807, 2.05) is 0 Å². The van der Waals surface area contributed by atoms with Gasteiger partial charge in [0.2, 0.25) is 0 Å². The van der Waals surface area contributed by atoms with E-state index >= 15 is 0 Å². The first-order valence-electron chi connectivity index (χ1n) is 8.03. The number of pyridine rings is 1. The number of aromatic nitrogens is 3. The van der Waals surface area contributed by atoms with Crippen molar-refractivity contribution in [3.8, 4) is 0 Å². The van der Waals surface area contributed by atoms with E-state index in [2.05, 4.69) is 20.3 Å². The Labute approximate surface area is 142 Å². The van der Waals surface area contributed by atoms with E-state index in [4.69, 9.17) is 0 Å². The topological polar surface area (TPSA) is 50.7 Å². The number of hydrogen-bond donors (Lipinski definition) is 1. The fraction of sp³-hybridized carbons (Fsp3) is 0.278. The Hall–Kier alpha value is -2.70. The minimum atomic E-state index is -0.999. The van der Waals surface area contributed by atoms with Crippen molar-refractivity contribution in [1.82, 2.24) is 15.0 Å². The van der Waals surface area contributed by atoms with Gasteiger partial charge in [0.1, 0.15) is 23.5 Å². The third kappa shape index (κ3) is 2.59. The van der Waals surface area contributed by atoms with Gasteiger partial charge in [-0.25, -0.2) is 23.1 Å². The van der Waals surface area contributed by atoms with Gasteiger partial charge in [-0.1, -0.05) is 6.42 Å². The standard InChI is InChI=1S/C18H15F3N4/c19-13-3-2-11-16(15(13)21)24-10-25-17(11)23-9-18(5-1-6-18)12-4-7-22-8-14(12)20/h2-4,7-8,10H,1,5-6,9H2,(H,23,24,25). The van der Waals surface area contributed by atoms with Crippen LogP contribution in [0.2, 0.25) is 0 Å². The highest BCUT2D eigenvalue weighted by Crippen LogP contribution is 2.44. The summed E-state index contributed by atoms with van der Waals surface area (Å²) in [5, 5.41) is 3.57. The van der Waals surface area contributed by atoms with Gasteiger partial charge >= 0.3 is 0 Å². The van der Waals surface area contributed by atoms with Crippen molar-refractivity contribution in [2.45, 2.75) is 24.7 Å². The summed E-state index contributed by atoms with van der Waals surface area (Å²) < 4.78 is 41.5. The van der Waals surface area contributed by atoms with Gasteiger partial charge in [-0.05, 0) is 36.6 Å². The largest absolute Gasteiger partial charge is 0.369 e. The van der Waals surface area contributed by atoms with E-state index in [-0.39, 0.29) is 16.7 Å². The Morgan fingerprint density at radius 1 is 1.04 bits per heavy atom. The summed E-state index contributed by atoms with van der Waals surface area (Å²) in [5.41, 5.74) is 0.204. The smallest absolute Gasteiger partial charge is 0.185 e. The zero-order chi connectivity index (χ0) is 17.4. The molecule has 7 heteroatoms. The van der Waals surface area contributed by atoms with E-state index in [0.717, 1.165) is 25.3 Å². The van der Waals surface area contributed by atoms with Crippen molar-refractivity contribution in [2.75, 3.05) is 11.9 Å². The SMILES string of the molecule is Fc1cnccc1C1(CNc2ncnc3c(F)c(F)ccc23)CCC1. The summed E-state index contributed by atoms with van der Waals surface area (Å²) in [4.78, 5) is 11.8. The molecule has 0 bridgehead atoms. The van der Waals surface area contributed by atoms with E-state index in [1.165, 1.54) is 18.6 Å². The molecule has 1 aromatic carbocycles. The molecule has 0 atom stereocenters. The van der Waals surface area contributed by atoms with Crippen LogP contribution in [0.4, 0.5) is 19.0 Å². The second-order valence-electron chi connectivity index (χ2n) is 6.32. The summed E-state index contributed by atoms with van der Waals surface area (Å²) >= 11 is 0. The van der Waals surface area contributed by atoms with Crippen LogP contribution < -0.4 is 5.32 Å². The number of nitrogens with zero attached hydrogens (tertiary/aromatic N) is 3. The maximum atomic E-state index is 14.2. The zero-order valence-corrected chi connectivity index (χ0v) is 13.3. The fourth-order valence-electron chi connectivity index (χ4n) is 3.42. The number of nitrogens with one attached hydrogen (secondary N) is 1. The van der Waals surface area contributed by atoms with Gasteiger partial charge in [-0.2, -0.15) is 0 Å². The zero-order valence-electron chi connectivity index (χ0n) is 13.3. The number of anilines is 1. The molecule has 1 aliphatic carbocycles. The number of benzene rings is 1. The summed E-state index contributed by atoms with van der Waals surface area (Å²) in [5.74, 6) is -1.87. The molecule has 1 aliphatic rings. The van der Waals surface area contributed by atoms with Crippen LogP contribution in [-0.4, -0.2) is 21.5 Å². The molecule has 1 fully saturated rings. The molecule has 0 unspecified atom stereocenters.